The number of hydrogen-bond donors (Lipinski definition) is 0. The first-order chi connectivity index (χ1) is 8.41. The van der Waals surface area contributed by atoms with Crippen molar-refractivity contribution in [3.8, 4) is 11.4 Å². The van der Waals surface area contributed by atoms with E-state index < -0.39 is 0 Å². The van der Waals surface area contributed by atoms with Crippen LogP contribution in [0.15, 0.2) is 30.5 Å². The fourth-order valence-corrected chi connectivity index (χ4v) is 1.87. The Morgan fingerprint density at radius 2 is 1.89 bits per heavy atom. The molecule has 3 heteroatoms. The van der Waals surface area contributed by atoms with Crippen molar-refractivity contribution in [2.75, 3.05) is 7.11 Å². The van der Waals surface area contributed by atoms with Crippen LogP contribution >= 0.6 is 0 Å². The zero-order valence-electron chi connectivity index (χ0n) is 11.7. The molecule has 0 saturated heterocycles. The maximum absolute atomic E-state index is 5.27. The van der Waals surface area contributed by atoms with Crippen LogP contribution in [0.4, 0.5) is 0 Å². The second-order valence-electron chi connectivity index (χ2n) is 5.55. The summed E-state index contributed by atoms with van der Waals surface area (Å²) in [5.74, 6) is 0.905. The van der Waals surface area contributed by atoms with Crippen LogP contribution in [0.2, 0.25) is 0 Å². The second kappa shape index (κ2) is 4.48. The van der Waals surface area contributed by atoms with Crippen LogP contribution in [0.1, 0.15) is 32.0 Å². The molecule has 3 nitrogen and oxygen atoms in total. The summed E-state index contributed by atoms with van der Waals surface area (Å²) in [7, 11) is 1.69. The summed E-state index contributed by atoms with van der Waals surface area (Å²) in [6.45, 7) is 8.54. The van der Waals surface area contributed by atoms with Gasteiger partial charge >= 0.3 is 0 Å². The number of nitrogens with zero attached hydrogens (tertiary/aromatic N) is 2. The molecule has 1 aromatic heterocycles. The molecule has 0 unspecified atom stereocenters. The third-order valence-corrected chi connectivity index (χ3v) is 3.00. The number of methoxy groups -OCH3 is 1. The van der Waals surface area contributed by atoms with Gasteiger partial charge in [0.25, 0.3) is 0 Å². The Bertz CT molecular complexity index is 550. The van der Waals surface area contributed by atoms with Crippen LogP contribution in [-0.2, 0) is 5.41 Å². The predicted octanol–water partition coefficient (Wildman–Crippen LogP) is 3.49. The Morgan fingerprint density at radius 1 is 1.17 bits per heavy atom. The molecule has 96 valence electrons. The number of rotatable bonds is 2. The topological polar surface area (TPSA) is 27.1 Å². The Kier molecular flexibility index (Phi) is 3.16. The molecule has 0 bridgehead atoms. The Balaban J connectivity index is 2.38. The molecule has 2 aromatic rings. The quantitative estimate of drug-likeness (QED) is 0.808. The van der Waals surface area contributed by atoms with Crippen molar-refractivity contribution >= 4 is 0 Å². The monoisotopic (exact) mass is 244 g/mol. The zero-order valence-corrected chi connectivity index (χ0v) is 11.7. The van der Waals surface area contributed by atoms with Crippen LogP contribution in [0.25, 0.3) is 5.69 Å². The number of aromatic nitrogens is 2. The van der Waals surface area contributed by atoms with E-state index in [9.17, 15) is 0 Å². The van der Waals surface area contributed by atoms with Gasteiger partial charge in [0.2, 0.25) is 0 Å². The van der Waals surface area contributed by atoms with Gasteiger partial charge in [0.05, 0.1) is 18.5 Å². The molecule has 0 saturated carbocycles. The number of aryl methyl sites for hydroxylation is 1. The van der Waals surface area contributed by atoms with E-state index in [0.717, 1.165) is 22.7 Å². The van der Waals surface area contributed by atoms with E-state index in [0.29, 0.717) is 0 Å². The van der Waals surface area contributed by atoms with E-state index in [2.05, 4.69) is 38.0 Å². The Labute approximate surface area is 108 Å². The standard InChI is InChI=1S/C15H20N2O/c1-11-10-12(6-7-13(11)18-5)17-9-8-14(16-17)15(2,3)4/h6-10H,1-5H3. The molecule has 0 spiro atoms. The van der Waals surface area contributed by atoms with E-state index in [1.807, 2.05) is 29.9 Å². The van der Waals surface area contributed by atoms with Crippen molar-refractivity contribution in [3.05, 3.63) is 41.7 Å². The van der Waals surface area contributed by atoms with Crippen molar-refractivity contribution < 1.29 is 4.74 Å². The molecular formula is C15H20N2O. The molecule has 0 aliphatic rings. The predicted molar refractivity (Wildman–Crippen MR) is 73.6 cm³/mol. The average Bonchev–Trinajstić information content (AvgIpc) is 2.77. The molecule has 0 N–H and O–H groups in total. The van der Waals surface area contributed by atoms with Crippen LogP contribution in [0.3, 0.4) is 0 Å². The van der Waals surface area contributed by atoms with Gasteiger partial charge in [0.15, 0.2) is 0 Å². The van der Waals surface area contributed by atoms with Gasteiger partial charge in [-0.15, -0.1) is 0 Å². The van der Waals surface area contributed by atoms with E-state index in [1.165, 1.54) is 0 Å². The summed E-state index contributed by atoms with van der Waals surface area (Å²) in [6.07, 6.45) is 2.00. The highest BCUT2D eigenvalue weighted by Gasteiger charge is 2.17. The normalized spacial score (nSPS) is 11.6. The van der Waals surface area contributed by atoms with Crippen molar-refractivity contribution in [1.29, 1.82) is 0 Å². The lowest BCUT2D eigenvalue weighted by atomic mass is 9.93. The third-order valence-electron chi connectivity index (χ3n) is 3.00. The Hall–Kier alpha value is -1.77. The van der Waals surface area contributed by atoms with Crippen molar-refractivity contribution in [2.24, 2.45) is 0 Å². The molecule has 0 radical (unpaired) electrons. The van der Waals surface area contributed by atoms with Gasteiger partial charge in [-0.25, -0.2) is 4.68 Å². The first kappa shape index (κ1) is 12.7. The molecule has 1 aromatic carbocycles. The molecule has 0 atom stereocenters. The first-order valence-corrected chi connectivity index (χ1v) is 6.13. The fraction of sp³-hybridized carbons (Fsp3) is 0.400. The summed E-state index contributed by atoms with van der Waals surface area (Å²) in [5.41, 5.74) is 3.34. The van der Waals surface area contributed by atoms with Gasteiger partial charge < -0.3 is 4.74 Å². The first-order valence-electron chi connectivity index (χ1n) is 6.13. The van der Waals surface area contributed by atoms with Gasteiger partial charge in [-0.1, -0.05) is 20.8 Å². The molecule has 2 rings (SSSR count). The highest BCUT2D eigenvalue weighted by atomic mass is 16.5. The van der Waals surface area contributed by atoms with Gasteiger partial charge in [-0.2, -0.15) is 5.10 Å². The molecule has 0 aliphatic carbocycles. The van der Waals surface area contributed by atoms with Crippen LogP contribution in [-0.4, -0.2) is 16.9 Å². The summed E-state index contributed by atoms with van der Waals surface area (Å²) < 4.78 is 7.18. The maximum atomic E-state index is 5.27. The summed E-state index contributed by atoms with van der Waals surface area (Å²) in [5, 5.41) is 4.62. The number of hydrogen-bond acceptors (Lipinski definition) is 2. The maximum Gasteiger partial charge on any atom is 0.121 e. The SMILES string of the molecule is COc1ccc(-n2ccc(C(C)(C)C)n2)cc1C. The van der Waals surface area contributed by atoms with Gasteiger partial charge in [0.1, 0.15) is 5.75 Å². The smallest absolute Gasteiger partial charge is 0.121 e. The van der Waals surface area contributed by atoms with Crippen LogP contribution in [0.5, 0.6) is 5.75 Å². The van der Waals surface area contributed by atoms with E-state index in [-0.39, 0.29) is 5.41 Å². The van der Waals surface area contributed by atoms with Gasteiger partial charge in [-0.05, 0) is 36.8 Å². The highest BCUT2D eigenvalue weighted by Crippen LogP contribution is 2.23. The minimum Gasteiger partial charge on any atom is -0.496 e. The third kappa shape index (κ3) is 2.40. The van der Waals surface area contributed by atoms with Crippen molar-refractivity contribution in [1.82, 2.24) is 9.78 Å². The highest BCUT2D eigenvalue weighted by molar-refractivity contribution is 5.43. The van der Waals surface area contributed by atoms with E-state index in [4.69, 9.17) is 4.74 Å². The molecular weight excluding hydrogens is 224 g/mol. The molecule has 0 amide bonds. The number of benzene rings is 1. The van der Waals surface area contributed by atoms with Crippen LogP contribution < -0.4 is 4.74 Å². The summed E-state index contributed by atoms with van der Waals surface area (Å²) >= 11 is 0. The van der Waals surface area contributed by atoms with Crippen molar-refractivity contribution in [2.45, 2.75) is 33.1 Å². The fourth-order valence-electron chi connectivity index (χ4n) is 1.87. The minimum absolute atomic E-state index is 0.0762. The minimum atomic E-state index is 0.0762. The van der Waals surface area contributed by atoms with Crippen molar-refractivity contribution in [3.63, 3.8) is 0 Å². The Morgan fingerprint density at radius 3 is 2.39 bits per heavy atom. The summed E-state index contributed by atoms with van der Waals surface area (Å²) in [4.78, 5) is 0. The van der Waals surface area contributed by atoms with E-state index >= 15 is 0 Å². The van der Waals surface area contributed by atoms with Gasteiger partial charge in [-0.3, -0.25) is 0 Å². The van der Waals surface area contributed by atoms with Crippen LogP contribution in [0, 0.1) is 6.92 Å². The average molecular weight is 244 g/mol. The summed E-state index contributed by atoms with van der Waals surface area (Å²) in [6, 6.07) is 8.15. The molecule has 1 heterocycles. The number of ether oxygens (including phenoxy) is 1. The molecule has 0 aliphatic heterocycles. The lowest BCUT2D eigenvalue weighted by Crippen LogP contribution is -2.12. The molecule has 0 fully saturated rings. The van der Waals surface area contributed by atoms with E-state index in [1.54, 1.807) is 7.11 Å². The molecule has 18 heavy (non-hydrogen) atoms. The largest absolute Gasteiger partial charge is 0.496 e. The zero-order chi connectivity index (χ0) is 13.3. The lowest BCUT2D eigenvalue weighted by Gasteiger charge is -2.14. The second-order valence-corrected chi connectivity index (χ2v) is 5.55. The lowest BCUT2D eigenvalue weighted by molar-refractivity contribution is 0.411. The van der Waals surface area contributed by atoms with Gasteiger partial charge in [0, 0.05) is 11.6 Å².